The Morgan fingerprint density at radius 3 is 2.61 bits per heavy atom. The average Bonchev–Trinajstić information content (AvgIpc) is 3.37. The van der Waals surface area contributed by atoms with E-state index in [0.717, 1.165) is 16.0 Å². The van der Waals surface area contributed by atoms with Crippen molar-refractivity contribution in [1.29, 1.82) is 0 Å². The third-order valence-electron chi connectivity index (χ3n) is 4.59. The molecule has 33 heavy (non-hydrogen) atoms. The first-order valence-corrected chi connectivity index (χ1v) is 10.7. The number of halogens is 2. The zero-order chi connectivity index (χ0) is 23.5. The number of hydrogen-bond acceptors (Lipinski definition) is 7. The van der Waals surface area contributed by atoms with Crippen LogP contribution in [0.25, 0.3) is 22.6 Å². The van der Waals surface area contributed by atoms with E-state index >= 15 is 0 Å². The normalized spacial score (nSPS) is 10.8. The Hall–Kier alpha value is -3.76. The van der Waals surface area contributed by atoms with Crippen LogP contribution in [0.2, 0.25) is 5.02 Å². The van der Waals surface area contributed by atoms with Crippen molar-refractivity contribution in [2.45, 2.75) is 6.54 Å². The van der Waals surface area contributed by atoms with Gasteiger partial charge in [-0.2, -0.15) is 4.68 Å². The van der Waals surface area contributed by atoms with Crippen molar-refractivity contribution in [3.8, 4) is 22.6 Å². The SMILES string of the molecule is COC(=O)c1c(-c2ccccc2Cl)csc1NC(=O)Cn1nc(-c2ccc(F)cc2)oc1=O. The van der Waals surface area contributed by atoms with Crippen molar-refractivity contribution >= 4 is 39.8 Å². The van der Waals surface area contributed by atoms with Gasteiger partial charge in [-0.3, -0.25) is 4.79 Å². The van der Waals surface area contributed by atoms with Crippen LogP contribution in [0.5, 0.6) is 0 Å². The maximum absolute atomic E-state index is 13.1. The van der Waals surface area contributed by atoms with Crippen molar-refractivity contribution in [3.05, 3.63) is 80.9 Å². The Bertz CT molecular complexity index is 1390. The highest BCUT2D eigenvalue weighted by Gasteiger charge is 2.24. The summed E-state index contributed by atoms with van der Waals surface area (Å²) >= 11 is 7.38. The number of thiophene rings is 1. The van der Waals surface area contributed by atoms with Crippen LogP contribution in [0.3, 0.4) is 0 Å². The second-order valence-corrected chi connectivity index (χ2v) is 8.00. The van der Waals surface area contributed by atoms with Crippen LogP contribution >= 0.6 is 22.9 Å². The number of nitrogens with one attached hydrogen (secondary N) is 1. The molecule has 4 rings (SSSR count). The summed E-state index contributed by atoms with van der Waals surface area (Å²) in [4.78, 5) is 37.2. The molecule has 0 aliphatic carbocycles. The fourth-order valence-corrected chi connectivity index (χ4v) is 4.25. The van der Waals surface area contributed by atoms with Gasteiger partial charge < -0.3 is 14.5 Å². The summed E-state index contributed by atoms with van der Waals surface area (Å²) in [6, 6.07) is 12.1. The maximum atomic E-state index is 13.1. The first-order chi connectivity index (χ1) is 15.9. The second kappa shape index (κ2) is 9.39. The van der Waals surface area contributed by atoms with E-state index in [1.54, 1.807) is 29.6 Å². The van der Waals surface area contributed by atoms with E-state index in [1.165, 1.54) is 31.4 Å². The highest BCUT2D eigenvalue weighted by Crippen LogP contribution is 2.39. The standard InChI is InChI=1S/C22H15ClFN3O5S/c1-31-21(29)18-15(14-4-2-3-5-16(14)23)11-33-20(18)25-17(28)10-27-22(30)32-19(26-27)12-6-8-13(24)9-7-12/h2-9,11H,10H2,1H3,(H,25,28). The van der Waals surface area contributed by atoms with Gasteiger partial charge >= 0.3 is 11.7 Å². The maximum Gasteiger partial charge on any atom is 0.437 e. The number of aromatic nitrogens is 2. The van der Waals surface area contributed by atoms with E-state index in [0.29, 0.717) is 21.7 Å². The van der Waals surface area contributed by atoms with E-state index in [4.69, 9.17) is 20.8 Å². The molecule has 8 nitrogen and oxygen atoms in total. The van der Waals surface area contributed by atoms with E-state index in [-0.39, 0.29) is 16.5 Å². The number of ether oxygens (including phenoxy) is 1. The minimum atomic E-state index is -0.861. The van der Waals surface area contributed by atoms with Gasteiger partial charge in [0.2, 0.25) is 11.8 Å². The summed E-state index contributed by atoms with van der Waals surface area (Å²) in [5.41, 5.74) is 1.63. The van der Waals surface area contributed by atoms with Crippen LogP contribution in [0.1, 0.15) is 10.4 Å². The molecular formula is C22H15ClFN3O5S. The Morgan fingerprint density at radius 2 is 1.91 bits per heavy atom. The number of hydrogen-bond donors (Lipinski definition) is 1. The summed E-state index contributed by atoms with van der Waals surface area (Å²) in [5, 5.41) is 8.93. The van der Waals surface area contributed by atoms with Gasteiger partial charge in [-0.25, -0.2) is 14.0 Å². The Balaban J connectivity index is 1.58. The molecule has 2 heterocycles. The second-order valence-electron chi connectivity index (χ2n) is 6.71. The zero-order valence-electron chi connectivity index (χ0n) is 17.0. The largest absolute Gasteiger partial charge is 0.465 e. The van der Waals surface area contributed by atoms with Gasteiger partial charge in [0.25, 0.3) is 0 Å². The molecular weight excluding hydrogens is 473 g/mol. The first-order valence-electron chi connectivity index (χ1n) is 9.46. The van der Waals surface area contributed by atoms with E-state index in [1.807, 2.05) is 0 Å². The van der Waals surface area contributed by atoms with Gasteiger partial charge in [0.15, 0.2) is 0 Å². The fourth-order valence-electron chi connectivity index (χ4n) is 3.05. The van der Waals surface area contributed by atoms with Crippen LogP contribution in [-0.4, -0.2) is 28.8 Å². The predicted molar refractivity (Wildman–Crippen MR) is 121 cm³/mol. The smallest absolute Gasteiger partial charge is 0.437 e. The van der Waals surface area contributed by atoms with Crippen molar-refractivity contribution < 1.29 is 23.1 Å². The lowest BCUT2D eigenvalue weighted by atomic mass is 10.0. The van der Waals surface area contributed by atoms with Gasteiger partial charge in [0.05, 0.1) is 7.11 Å². The number of rotatable bonds is 6. The van der Waals surface area contributed by atoms with Crippen LogP contribution in [-0.2, 0) is 16.1 Å². The molecule has 11 heteroatoms. The third kappa shape index (κ3) is 4.71. The monoisotopic (exact) mass is 487 g/mol. The van der Waals surface area contributed by atoms with Crippen LogP contribution < -0.4 is 11.1 Å². The van der Waals surface area contributed by atoms with Gasteiger partial charge in [-0.15, -0.1) is 16.4 Å². The van der Waals surface area contributed by atoms with Gasteiger partial charge in [0, 0.05) is 27.1 Å². The fraction of sp³-hybridized carbons (Fsp3) is 0.0909. The molecule has 2 aromatic carbocycles. The molecule has 4 aromatic rings. The number of carbonyl (C=O) groups is 2. The molecule has 2 aromatic heterocycles. The molecule has 0 radical (unpaired) electrons. The molecule has 0 atom stereocenters. The molecule has 168 valence electrons. The van der Waals surface area contributed by atoms with E-state index in [2.05, 4.69) is 10.4 Å². The van der Waals surface area contributed by atoms with Crippen LogP contribution in [0.15, 0.2) is 63.1 Å². The predicted octanol–water partition coefficient (Wildman–Crippen LogP) is 4.45. The summed E-state index contributed by atoms with van der Waals surface area (Å²) in [5.74, 6) is -2.64. The number of amides is 1. The van der Waals surface area contributed by atoms with Gasteiger partial charge in [-0.1, -0.05) is 29.8 Å². The summed E-state index contributed by atoms with van der Waals surface area (Å²) < 4.78 is 23.9. The molecule has 0 saturated carbocycles. The zero-order valence-corrected chi connectivity index (χ0v) is 18.6. The lowest BCUT2D eigenvalue weighted by Gasteiger charge is -2.08. The molecule has 0 fully saturated rings. The average molecular weight is 488 g/mol. The molecule has 0 aliphatic rings. The first kappa shape index (κ1) is 22.4. The molecule has 0 unspecified atom stereocenters. The third-order valence-corrected chi connectivity index (χ3v) is 5.81. The summed E-state index contributed by atoms with van der Waals surface area (Å²) in [7, 11) is 1.23. The highest BCUT2D eigenvalue weighted by atomic mass is 35.5. The molecule has 0 bridgehead atoms. The van der Waals surface area contributed by atoms with Gasteiger partial charge in [0.1, 0.15) is 22.9 Å². The number of esters is 1. The number of nitrogens with zero attached hydrogens (tertiary/aromatic N) is 2. The lowest BCUT2D eigenvalue weighted by molar-refractivity contribution is -0.117. The van der Waals surface area contributed by atoms with Crippen molar-refractivity contribution in [2.75, 3.05) is 12.4 Å². The molecule has 1 amide bonds. The van der Waals surface area contributed by atoms with Crippen molar-refractivity contribution in [1.82, 2.24) is 9.78 Å². The molecule has 0 spiro atoms. The number of carbonyl (C=O) groups excluding carboxylic acids is 2. The number of benzene rings is 2. The molecule has 1 N–H and O–H groups in total. The van der Waals surface area contributed by atoms with Crippen LogP contribution in [0, 0.1) is 5.82 Å². The van der Waals surface area contributed by atoms with Crippen LogP contribution in [0.4, 0.5) is 9.39 Å². The van der Waals surface area contributed by atoms with Crippen molar-refractivity contribution in [3.63, 3.8) is 0 Å². The topological polar surface area (TPSA) is 103 Å². The van der Waals surface area contributed by atoms with Crippen molar-refractivity contribution in [2.24, 2.45) is 0 Å². The Morgan fingerprint density at radius 1 is 1.18 bits per heavy atom. The Kier molecular flexibility index (Phi) is 6.38. The number of methoxy groups -OCH3 is 1. The summed E-state index contributed by atoms with van der Waals surface area (Å²) in [6.07, 6.45) is 0. The minimum absolute atomic E-state index is 0.0554. The Labute approximate surface area is 195 Å². The lowest BCUT2D eigenvalue weighted by Crippen LogP contribution is -2.26. The van der Waals surface area contributed by atoms with Gasteiger partial charge in [-0.05, 0) is 30.3 Å². The minimum Gasteiger partial charge on any atom is -0.465 e. The quantitative estimate of drug-likeness (QED) is 0.403. The van der Waals surface area contributed by atoms with E-state index in [9.17, 15) is 18.8 Å². The summed E-state index contributed by atoms with van der Waals surface area (Å²) in [6.45, 7) is -0.469. The molecule has 0 saturated heterocycles. The molecule has 0 aliphatic heterocycles. The van der Waals surface area contributed by atoms with E-state index < -0.39 is 30.0 Å². The highest BCUT2D eigenvalue weighted by molar-refractivity contribution is 7.15. The number of anilines is 1.